The summed E-state index contributed by atoms with van der Waals surface area (Å²) in [5.74, 6) is 0. The third-order valence-electron chi connectivity index (χ3n) is 3.57. The lowest BCUT2D eigenvalue weighted by molar-refractivity contribution is 0.329. The molecule has 1 aromatic heterocycles. The molecule has 0 spiro atoms. The van der Waals surface area contributed by atoms with Crippen LogP contribution in [0.3, 0.4) is 0 Å². The average Bonchev–Trinajstić information content (AvgIpc) is 2.89. The molecule has 0 N–H and O–H groups in total. The molecule has 2 heterocycles. The molecule has 1 aliphatic rings. The van der Waals surface area contributed by atoms with Crippen molar-refractivity contribution in [3.05, 3.63) is 52.2 Å². The van der Waals surface area contributed by atoms with Gasteiger partial charge in [-0.1, -0.05) is 18.2 Å². The number of sulfonamides is 1. The summed E-state index contributed by atoms with van der Waals surface area (Å²) >= 11 is 1.72. The van der Waals surface area contributed by atoms with Crippen LogP contribution in [0.5, 0.6) is 0 Å². The summed E-state index contributed by atoms with van der Waals surface area (Å²) in [6.45, 7) is 2.52. The van der Waals surface area contributed by atoms with E-state index in [1.807, 2.05) is 24.4 Å². The molecule has 100 valence electrons. The molecule has 0 radical (unpaired) electrons. The van der Waals surface area contributed by atoms with Crippen LogP contribution >= 0.6 is 11.3 Å². The highest BCUT2D eigenvalue weighted by molar-refractivity contribution is 7.89. The summed E-state index contributed by atoms with van der Waals surface area (Å²) in [5.41, 5.74) is 1.15. The highest BCUT2D eigenvalue weighted by Crippen LogP contribution is 2.36. The molecule has 0 bridgehead atoms. The molecule has 0 saturated heterocycles. The van der Waals surface area contributed by atoms with Crippen molar-refractivity contribution in [3.8, 4) is 0 Å². The van der Waals surface area contributed by atoms with Crippen LogP contribution in [0.25, 0.3) is 0 Å². The Morgan fingerprint density at radius 1 is 1.21 bits per heavy atom. The topological polar surface area (TPSA) is 37.4 Å². The maximum absolute atomic E-state index is 12.7. The number of benzene rings is 1. The van der Waals surface area contributed by atoms with Gasteiger partial charge in [-0.05, 0) is 42.5 Å². The molecule has 0 amide bonds. The summed E-state index contributed by atoms with van der Waals surface area (Å²) < 4.78 is 26.9. The molecule has 1 aliphatic heterocycles. The Morgan fingerprint density at radius 3 is 2.68 bits per heavy atom. The van der Waals surface area contributed by atoms with Gasteiger partial charge in [0.2, 0.25) is 10.0 Å². The minimum atomic E-state index is -3.39. The largest absolute Gasteiger partial charge is 0.243 e. The SMILES string of the molecule is C[C@@H]1c2ccsc2CCN1S(=O)(=O)c1ccccc1. The van der Waals surface area contributed by atoms with Crippen LogP contribution in [0, 0.1) is 0 Å². The van der Waals surface area contributed by atoms with E-state index >= 15 is 0 Å². The summed E-state index contributed by atoms with van der Waals surface area (Å²) in [6.07, 6.45) is 0.809. The smallest absolute Gasteiger partial charge is 0.207 e. The first-order chi connectivity index (χ1) is 9.10. The van der Waals surface area contributed by atoms with E-state index in [-0.39, 0.29) is 6.04 Å². The Bertz CT molecular complexity index is 676. The zero-order chi connectivity index (χ0) is 13.5. The van der Waals surface area contributed by atoms with E-state index in [0.29, 0.717) is 11.4 Å². The number of rotatable bonds is 2. The van der Waals surface area contributed by atoms with E-state index < -0.39 is 10.0 Å². The van der Waals surface area contributed by atoms with Crippen molar-refractivity contribution in [2.24, 2.45) is 0 Å². The fraction of sp³-hybridized carbons (Fsp3) is 0.286. The van der Waals surface area contributed by atoms with Crippen LogP contribution < -0.4 is 0 Å². The van der Waals surface area contributed by atoms with Gasteiger partial charge in [-0.2, -0.15) is 4.31 Å². The highest BCUT2D eigenvalue weighted by Gasteiger charge is 2.34. The van der Waals surface area contributed by atoms with E-state index in [2.05, 4.69) is 0 Å². The van der Waals surface area contributed by atoms with Crippen molar-refractivity contribution >= 4 is 21.4 Å². The van der Waals surface area contributed by atoms with Crippen molar-refractivity contribution in [3.63, 3.8) is 0 Å². The summed E-state index contributed by atoms with van der Waals surface area (Å²) in [5, 5.41) is 2.04. The van der Waals surface area contributed by atoms with E-state index in [1.165, 1.54) is 4.88 Å². The van der Waals surface area contributed by atoms with Gasteiger partial charge < -0.3 is 0 Å². The lowest BCUT2D eigenvalue weighted by Gasteiger charge is -2.32. The van der Waals surface area contributed by atoms with Crippen LogP contribution in [0.1, 0.15) is 23.4 Å². The zero-order valence-electron chi connectivity index (χ0n) is 10.6. The quantitative estimate of drug-likeness (QED) is 0.853. The third kappa shape index (κ3) is 2.12. The average molecular weight is 293 g/mol. The molecule has 0 fully saturated rings. The van der Waals surface area contributed by atoms with Crippen molar-refractivity contribution in [1.29, 1.82) is 0 Å². The number of fused-ring (bicyclic) bond motifs is 1. The van der Waals surface area contributed by atoms with E-state index in [0.717, 1.165) is 12.0 Å². The second-order valence-corrected chi connectivity index (χ2v) is 7.55. The Morgan fingerprint density at radius 2 is 1.95 bits per heavy atom. The number of nitrogens with zero attached hydrogens (tertiary/aromatic N) is 1. The van der Waals surface area contributed by atoms with E-state index in [1.54, 1.807) is 39.9 Å². The molecule has 3 nitrogen and oxygen atoms in total. The number of hydrogen-bond acceptors (Lipinski definition) is 3. The predicted molar refractivity (Wildman–Crippen MR) is 76.8 cm³/mol. The second-order valence-electron chi connectivity index (χ2n) is 4.65. The molecule has 5 heteroatoms. The molecule has 1 aromatic carbocycles. The van der Waals surface area contributed by atoms with Crippen molar-refractivity contribution in [2.75, 3.05) is 6.54 Å². The Hall–Kier alpha value is -1.17. The van der Waals surface area contributed by atoms with Crippen molar-refractivity contribution in [1.82, 2.24) is 4.31 Å². The molecular weight excluding hydrogens is 278 g/mol. The van der Waals surface area contributed by atoms with Gasteiger partial charge >= 0.3 is 0 Å². The molecule has 19 heavy (non-hydrogen) atoms. The van der Waals surface area contributed by atoms with E-state index in [9.17, 15) is 8.42 Å². The van der Waals surface area contributed by atoms with Gasteiger partial charge in [0.25, 0.3) is 0 Å². The minimum Gasteiger partial charge on any atom is -0.207 e. The molecule has 3 rings (SSSR count). The normalized spacial score (nSPS) is 20.2. The highest BCUT2D eigenvalue weighted by atomic mass is 32.2. The van der Waals surface area contributed by atoms with Gasteiger partial charge in [0, 0.05) is 17.5 Å². The second kappa shape index (κ2) is 4.74. The van der Waals surface area contributed by atoms with Crippen LogP contribution in [0.15, 0.2) is 46.7 Å². The Balaban J connectivity index is 2.00. The molecule has 1 atom stereocenters. The predicted octanol–water partition coefficient (Wildman–Crippen LogP) is 3.06. The lowest BCUT2D eigenvalue weighted by atomic mass is 10.0. The first-order valence-corrected chi connectivity index (χ1v) is 8.56. The molecule has 0 saturated carbocycles. The Labute approximate surface area is 117 Å². The first kappa shape index (κ1) is 12.8. The van der Waals surface area contributed by atoms with Crippen LogP contribution in [0.2, 0.25) is 0 Å². The van der Waals surface area contributed by atoms with Gasteiger partial charge in [-0.3, -0.25) is 0 Å². The van der Waals surface area contributed by atoms with Crippen LogP contribution in [0.4, 0.5) is 0 Å². The lowest BCUT2D eigenvalue weighted by Crippen LogP contribution is -2.38. The fourth-order valence-corrected chi connectivity index (χ4v) is 5.14. The van der Waals surface area contributed by atoms with Crippen LogP contribution in [-0.2, 0) is 16.4 Å². The molecule has 0 unspecified atom stereocenters. The van der Waals surface area contributed by atoms with E-state index in [4.69, 9.17) is 0 Å². The number of thiophene rings is 1. The molecule has 2 aromatic rings. The van der Waals surface area contributed by atoms with Gasteiger partial charge in [0.05, 0.1) is 4.90 Å². The van der Waals surface area contributed by atoms with Gasteiger partial charge in [-0.25, -0.2) is 8.42 Å². The zero-order valence-corrected chi connectivity index (χ0v) is 12.2. The standard InChI is InChI=1S/C14H15NO2S2/c1-11-13-8-10-18-14(13)7-9-15(11)19(16,17)12-5-3-2-4-6-12/h2-6,8,10-11H,7,9H2,1H3/t11-/m1/s1. The van der Waals surface area contributed by atoms with Crippen molar-refractivity contribution in [2.45, 2.75) is 24.3 Å². The van der Waals surface area contributed by atoms with Gasteiger partial charge in [0.1, 0.15) is 0 Å². The molecule has 0 aliphatic carbocycles. The summed E-state index contributed by atoms with van der Waals surface area (Å²) in [7, 11) is -3.39. The number of hydrogen-bond donors (Lipinski definition) is 0. The van der Waals surface area contributed by atoms with Crippen molar-refractivity contribution < 1.29 is 8.42 Å². The monoisotopic (exact) mass is 293 g/mol. The maximum Gasteiger partial charge on any atom is 0.243 e. The van der Waals surface area contributed by atoms with Gasteiger partial charge in [0.15, 0.2) is 0 Å². The summed E-state index contributed by atoms with van der Waals surface area (Å²) in [4.78, 5) is 1.69. The molecular formula is C14H15NO2S2. The maximum atomic E-state index is 12.7. The summed E-state index contributed by atoms with van der Waals surface area (Å²) in [6, 6.07) is 10.6. The fourth-order valence-electron chi connectivity index (χ4n) is 2.54. The first-order valence-electron chi connectivity index (χ1n) is 6.24. The van der Waals surface area contributed by atoms with Crippen LogP contribution in [-0.4, -0.2) is 19.3 Å². The third-order valence-corrected chi connectivity index (χ3v) is 6.55. The Kier molecular flexibility index (Phi) is 3.20. The van der Waals surface area contributed by atoms with Gasteiger partial charge in [-0.15, -0.1) is 11.3 Å². The minimum absolute atomic E-state index is 0.0831.